The molecule has 0 atom stereocenters. The standard InChI is InChI=1S/C20H16N2/c1-2-14-7-3-4-8-16(14)15-11-12-18-17-9-5-6-10-19(17)21-22-20(18)13-15/h3-13H,2H2,1H3. The van der Waals surface area contributed by atoms with E-state index < -0.39 is 0 Å². The van der Waals surface area contributed by atoms with Crippen molar-refractivity contribution in [2.24, 2.45) is 0 Å². The molecular formula is C20H16N2. The molecule has 0 aliphatic rings. The normalized spacial score (nSPS) is 11.1. The Labute approximate surface area is 129 Å². The summed E-state index contributed by atoms with van der Waals surface area (Å²) >= 11 is 0. The van der Waals surface area contributed by atoms with Gasteiger partial charge in [0.2, 0.25) is 0 Å². The maximum absolute atomic E-state index is 4.40. The minimum atomic E-state index is 0.941. The maximum Gasteiger partial charge on any atom is 0.0942 e. The van der Waals surface area contributed by atoms with Crippen LogP contribution in [0.3, 0.4) is 0 Å². The minimum absolute atomic E-state index is 0.941. The van der Waals surface area contributed by atoms with E-state index in [-0.39, 0.29) is 0 Å². The third-order valence-corrected chi connectivity index (χ3v) is 4.17. The van der Waals surface area contributed by atoms with Gasteiger partial charge in [0.25, 0.3) is 0 Å². The lowest BCUT2D eigenvalue weighted by molar-refractivity contribution is 1.12. The summed E-state index contributed by atoms with van der Waals surface area (Å²) in [7, 11) is 0. The third kappa shape index (κ3) is 2.04. The lowest BCUT2D eigenvalue weighted by Crippen LogP contribution is -1.90. The first-order valence-electron chi connectivity index (χ1n) is 7.60. The molecule has 0 spiro atoms. The van der Waals surface area contributed by atoms with Crippen LogP contribution >= 0.6 is 0 Å². The van der Waals surface area contributed by atoms with Crippen LogP contribution < -0.4 is 0 Å². The summed E-state index contributed by atoms with van der Waals surface area (Å²) in [5.74, 6) is 0. The van der Waals surface area contributed by atoms with Crippen molar-refractivity contribution in [3.05, 3.63) is 72.3 Å². The Balaban J connectivity index is 1.96. The molecule has 0 saturated carbocycles. The van der Waals surface area contributed by atoms with Gasteiger partial charge in [-0.25, -0.2) is 0 Å². The summed E-state index contributed by atoms with van der Waals surface area (Å²) in [6, 6.07) is 23.2. The molecule has 22 heavy (non-hydrogen) atoms. The zero-order valence-corrected chi connectivity index (χ0v) is 12.5. The Morgan fingerprint density at radius 3 is 2.36 bits per heavy atom. The number of hydrogen-bond donors (Lipinski definition) is 0. The van der Waals surface area contributed by atoms with Crippen LogP contribution in [0.15, 0.2) is 66.7 Å². The molecule has 0 radical (unpaired) electrons. The highest BCUT2D eigenvalue weighted by molar-refractivity contribution is 6.04. The smallest absolute Gasteiger partial charge is 0.0942 e. The molecule has 106 valence electrons. The Morgan fingerprint density at radius 1 is 0.727 bits per heavy atom. The van der Waals surface area contributed by atoms with E-state index >= 15 is 0 Å². The Kier molecular flexibility index (Phi) is 3.08. The van der Waals surface area contributed by atoms with E-state index in [1.807, 2.05) is 18.2 Å². The van der Waals surface area contributed by atoms with Gasteiger partial charge in [-0.1, -0.05) is 61.5 Å². The number of rotatable bonds is 2. The van der Waals surface area contributed by atoms with E-state index in [0.717, 1.165) is 28.2 Å². The number of fused-ring (bicyclic) bond motifs is 3. The number of aryl methyl sites for hydroxylation is 1. The third-order valence-electron chi connectivity index (χ3n) is 4.17. The number of nitrogens with zero attached hydrogens (tertiary/aromatic N) is 2. The molecule has 0 fully saturated rings. The average molecular weight is 284 g/mol. The Hall–Kier alpha value is -2.74. The molecule has 0 unspecified atom stereocenters. The lowest BCUT2D eigenvalue weighted by Gasteiger charge is -2.09. The van der Waals surface area contributed by atoms with Gasteiger partial charge in [-0.2, -0.15) is 0 Å². The van der Waals surface area contributed by atoms with Crippen LogP contribution in [0.2, 0.25) is 0 Å². The maximum atomic E-state index is 4.40. The highest BCUT2D eigenvalue weighted by atomic mass is 15.1. The van der Waals surface area contributed by atoms with Gasteiger partial charge < -0.3 is 0 Å². The van der Waals surface area contributed by atoms with Gasteiger partial charge in [-0.3, -0.25) is 0 Å². The molecule has 0 aliphatic carbocycles. The van der Waals surface area contributed by atoms with Crippen LogP contribution in [0.5, 0.6) is 0 Å². The highest BCUT2D eigenvalue weighted by Crippen LogP contribution is 2.29. The van der Waals surface area contributed by atoms with Crippen LogP contribution in [0.25, 0.3) is 32.9 Å². The molecule has 4 aromatic rings. The van der Waals surface area contributed by atoms with E-state index in [4.69, 9.17) is 0 Å². The summed E-state index contributed by atoms with van der Waals surface area (Å²) in [5, 5.41) is 11.0. The quantitative estimate of drug-likeness (QED) is 0.483. The second-order valence-electron chi connectivity index (χ2n) is 5.46. The van der Waals surface area contributed by atoms with Crippen molar-refractivity contribution >= 4 is 21.8 Å². The van der Waals surface area contributed by atoms with Crippen LogP contribution in [0.1, 0.15) is 12.5 Å². The van der Waals surface area contributed by atoms with Gasteiger partial charge in [0.15, 0.2) is 0 Å². The molecule has 0 N–H and O–H groups in total. The number of benzene rings is 3. The first-order chi connectivity index (χ1) is 10.9. The molecule has 1 heterocycles. The van der Waals surface area contributed by atoms with Gasteiger partial charge in [0.05, 0.1) is 11.0 Å². The number of hydrogen-bond acceptors (Lipinski definition) is 2. The fraction of sp³-hybridized carbons (Fsp3) is 0.100. The van der Waals surface area contributed by atoms with Crippen molar-refractivity contribution in [3.8, 4) is 11.1 Å². The van der Waals surface area contributed by atoms with E-state index in [1.54, 1.807) is 0 Å². The predicted molar refractivity (Wildman–Crippen MR) is 91.9 cm³/mol. The van der Waals surface area contributed by atoms with Crippen molar-refractivity contribution in [3.63, 3.8) is 0 Å². The second-order valence-corrected chi connectivity index (χ2v) is 5.46. The molecule has 0 bridgehead atoms. The van der Waals surface area contributed by atoms with E-state index in [0.29, 0.717) is 0 Å². The molecule has 2 nitrogen and oxygen atoms in total. The van der Waals surface area contributed by atoms with Crippen molar-refractivity contribution in [2.75, 3.05) is 0 Å². The zero-order valence-electron chi connectivity index (χ0n) is 12.5. The van der Waals surface area contributed by atoms with Gasteiger partial charge in [-0.15, -0.1) is 10.2 Å². The van der Waals surface area contributed by atoms with Crippen LogP contribution in [0, 0.1) is 0 Å². The highest BCUT2D eigenvalue weighted by Gasteiger charge is 2.07. The molecule has 0 amide bonds. The zero-order chi connectivity index (χ0) is 14.9. The van der Waals surface area contributed by atoms with Crippen molar-refractivity contribution in [1.82, 2.24) is 10.2 Å². The Morgan fingerprint density at radius 2 is 1.45 bits per heavy atom. The predicted octanol–water partition coefficient (Wildman–Crippen LogP) is 5.01. The monoisotopic (exact) mass is 284 g/mol. The first kappa shape index (κ1) is 13.0. The second kappa shape index (κ2) is 5.23. The summed E-state index contributed by atoms with van der Waals surface area (Å²) < 4.78 is 0. The van der Waals surface area contributed by atoms with Crippen LogP contribution in [-0.4, -0.2) is 10.2 Å². The summed E-state index contributed by atoms with van der Waals surface area (Å²) in [5.41, 5.74) is 5.73. The lowest BCUT2D eigenvalue weighted by atomic mass is 9.97. The topological polar surface area (TPSA) is 25.8 Å². The molecule has 4 rings (SSSR count). The fourth-order valence-corrected chi connectivity index (χ4v) is 3.02. The largest absolute Gasteiger partial charge is 0.150 e. The SMILES string of the molecule is CCc1ccccc1-c1ccc2c(c1)nnc1ccccc12. The molecular weight excluding hydrogens is 268 g/mol. The van der Waals surface area contributed by atoms with Crippen molar-refractivity contribution < 1.29 is 0 Å². The summed E-state index contributed by atoms with van der Waals surface area (Å²) in [6.45, 7) is 2.19. The van der Waals surface area contributed by atoms with Gasteiger partial charge >= 0.3 is 0 Å². The molecule has 1 aromatic heterocycles. The van der Waals surface area contributed by atoms with E-state index in [9.17, 15) is 0 Å². The van der Waals surface area contributed by atoms with Crippen molar-refractivity contribution in [1.29, 1.82) is 0 Å². The van der Waals surface area contributed by atoms with Crippen LogP contribution in [-0.2, 0) is 6.42 Å². The molecule has 0 saturated heterocycles. The molecule has 3 aromatic carbocycles. The van der Waals surface area contributed by atoms with Gasteiger partial charge in [-0.05, 0) is 35.2 Å². The molecule has 2 heteroatoms. The van der Waals surface area contributed by atoms with Gasteiger partial charge in [0.1, 0.15) is 0 Å². The van der Waals surface area contributed by atoms with Crippen LogP contribution in [0.4, 0.5) is 0 Å². The van der Waals surface area contributed by atoms with Crippen molar-refractivity contribution in [2.45, 2.75) is 13.3 Å². The fourth-order valence-electron chi connectivity index (χ4n) is 3.02. The van der Waals surface area contributed by atoms with E-state index in [1.165, 1.54) is 16.7 Å². The summed E-state index contributed by atoms with van der Waals surface area (Å²) in [6.07, 6.45) is 1.03. The Bertz CT molecular complexity index is 973. The summed E-state index contributed by atoms with van der Waals surface area (Å²) in [4.78, 5) is 0. The number of aromatic nitrogens is 2. The van der Waals surface area contributed by atoms with E-state index in [2.05, 4.69) is 65.7 Å². The van der Waals surface area contributed by atoms with Gasteiger partial charge in [0, 0.05) is 10.8 Å². The first-order valence-corrected chi connectivity index (χ1v) is 7.60. The minimum Gasteiger partial charge on any atom is -0.150 e. The average Bonchev–Trinajstić information content (AvgIpc) is 2.61. The molecule has 0 aliphatic heterocycles.